The van der Waals surface area contributed by atoms with Gasteiger partial charge in [0.2, 0.25) is 5.88 Å². The van der Waals surface area contributed by atoms with Gasteiger partial charge in [0.05, 0.1) is 11.8 Å². The van der Waals surface area contributed by atoms with E-state index in [4.69, 9.17) is 14.5 Å². The van der Waals surface area contributed by atoms with E-state index in [2.05, 4.69) is 28.9 Å². The van der Waals surface area contributed by atoms with Crippen molar-refractivity contribution in [2.24, 2.45) is 5.92 Å². The maximum Gasteiger partial charge on any atom is 0.213 e. The van der Waals surface area contributed by atoms with Gasteiger partial charge in [0.15, 0.2) is 0 Å². The molecule has 1 aromatic carbocycles. The SMILES string of the molecule is CCOC(C)COc1ccc(C#CC2(O)CN3CCC2CC3)c(Cc2ccccc2)n1. The molecule has 3 aliphatic heterocycles. The van der Waals surface area contributed by atoms with Crippen LogP contribution in [0.25, 0.3) is 0 Å². The molecular formula is C26H32N2O3. The van der Waals surface area contributed by atoms with Crippen molar-refractivity contribution in [2.45, 2.75) is 44.8 Å². The van der Waals surface area contributed by atoms with E-state index in [9.17, 15) is 5.11 Å². The fourth-order valence-electron chi connectivity index (χ4n) is 4.49. The fourth-order valence-corrected chi connectivity index (χ4v) is 4.49. The number of ether oxygens (including phenoxy) is 2. The highest BCUT2D eigenvalue weighted by molar-refractivity contribution is 5.44. The first-order chi connectivity index (χ1) is 15.1. The Labute approximate surface area is 185 Å². The first-order valence-corrected chi connectivity index (χ1v) is 11.3. The highest BCUT2D eigenvalue weighted by Gasteiger charge is 2.44. The summed E-state index contributed by atoms with van der Waals surface area (Å²) in [7, 11) is 0. The van der Waals surface area contributed by atoms with Crippen molar-refractivity contribution in [2.75, 3.05) is 32.8 Å². The summed E-state index contributed by atoms with van der Waals surface area (Å²) in [5.74, 6) is 7.33. The largest absolute Gasteiger partial charge is 0.475 e. The minimum atomic E-state index is -0.928. The molecule has 3 saturated heterocycles. The summed E-state index contributed by atoms with van der Waals surface area (Å²) < 4.78 is 11.4. The van der Waals surface area contributed by atoms with Gasteiger partial charge < -0.3 is 14.6 Å². The lowest BCUT2D eigenvalue weighted by Gasteiger charge is -2.47. The number of hydrogen-bond donors (Lipinski definition) is 1. The maximum atomic E-state index is 11.2. The van der Waals surface area contributed by atoms with Gasteiger partial charge in [0.1, 0.15) is 12.2 Å². The molecule has 0 aliphatic carbocycles. The molecule has 0 spiro atoms. The Morgan fingerprint density at radius 3 is 2.65 bits per heavy atom. The Morgan fingerprint density at radius 2 is 1.97 bits per heavy atom. The average Bonchev–Trinajstić information content (AvgIpc) is 2.79. The molecule has 4 heterocycles. The van der Waals surface area contributed by atoms with Crippen molar-refractivity contribution >= 4 is 0 Å². The lowest BCUT2D eigenvalue weighted by Crippen LogP contribution is -2.58. The standard InChI is InChI=1S/C26H32N2O3/c1-3-30-20(2)18-31-25-10-9-22(24(27-25)17-21-7-5-4-6-8-21)11-14-26(29)19-28-15-12-23(26)13-16-28/h4-10,20,23,29H,3,12-13,15-19H2,1-2H3. The molecule has 0 saturated carbocycles. The van der Waals surface area contributed by atoms with E-state index in [1.165, 1.54) is 5.56 Å². The summed E-state index contributed by atoms with van der Waals surface area (Å²) in [5.41, 5.74) is 1.95. The topological polar surface area (TPSA) is 54.8 Å². The van der Waals surface area contributed by atoms with Crippen molar-refractivity contribution in [1.82, 2.24) is 9.88 Å². The summed E-state index contributed by atoms with van der Waals surface area (Å²) in [4.78, 5) is 7.08. The molecule has 2 bridgehead atoms. The molecule has 2 unspecified atom stereocenters. The smallest absolute Gasteiger partial charge is 0.213 e. The van der Waals surface area contributed by atoms with Crippen LogP contribution in [0.5, 0.6) is 5.88 Å². The van der Waals surface area contributed by atoms with Crippen LogP contribution in [-0.2, 0) is 11.2 Å². The zero-order valence-corrected chi connectivity index (χ0v) is 18.5. The normalized spacial score (nSPS) is 25.5. The average molecular weight is 421 g/mol. The minimum absolute atomic E-state index is 0.00909. The van der Waals surface area contributed by atoms with E-state index in [0.29, 0.717) is 32.1 Å². The summed E-state index contributed by atoms with van der Waals surface area (Å²) in [6.45, 7) is 7.86. The van der Waals surface area contributed by atoms with Gasteiger partial charge in [-0.2, -0.15) is 0 Å². The second kappa shape index (κ2) is 9.82. The minimum Gasteiger partial charge on any atom is -0.475 e. The van der Waals surface area contributed by atoms with Crippen molar-refractivity contribution < 1.29 is 14.6 Å². The Kier molecular flexibility index (Phi) is 6.92. The van der Waals surface area contributed by atoms with E-state index < -0.39 is 5.60 Å². The van der Waals surface area contributed by atoms with Gasteiger partial charge in [-0.25, -0.2) is 4.98 Å². The molecule has 1 N–H and O–H groups in total. The molecular weight excluding hydrogens is 388 g/mol. The molecule has 5 heteroatoms. The third kappa shape index (κ3) is 5.46. The van der Waals surface area contributed by atoms with Crippen LogP contribution in [0.2, 0.25) is 0 Å². The van der Waals surface area contributed by atoms with Crippen LogP contribution in [0.1, 0.15) is 43.5 Å². The number of rotatable bonds is 7. The van der Waals surface area contributed by atoms with Gasteiger partial charge >= 0.3 is 0 Å². The van der Waals surface area contributed by atoms with Crippen molar-refractivity contribution in [3.05, 3.63) is 59.3 Å². The molecule has 0 radical (unpaired) electrons. The third-order valence-electron chi connectivity index (χ3n) is 6.22. The van der Waals surface area contributed by atoms with Crippen LogP contribution in [0.3, 0.4) is 0 Å². The predicted octanol–water partition coefficient (Wildman–Crippen LogP) is 3.28. The van der Waals surface area contributed by atoms with Gasteiger partial charge in [0, 0.05) is 37.1 Å². The van der Waals surface area contributed by atoms with Crippen LogP contribution < -0.4 is 4.74 Å². The van der Waals surface area contributed by atoms with Gasteiger partial charge in [-0.15, -0.1) is 0 Å². The quantitative estimate of drug-likeness (QED) is 0.697. The van der Waals surface area contributed by atoms with E-state index in [1.807, 2.05) is 44.2 Å². The monoisotopic (exact) mass is 420 g/mol. The summed E-state index contributed by atoms with van der Waals surface area (Å²) in [6.07, 6.45) is 2.71. The molecule has 5 rings (SSSR count). The molecule has 2 atom stereocenters. The highest BCUT2D eigenvalue weighted by atomic mass is 16.5. The van der Waals surface area contributed by atoms with Crippen LogP contribution in [0, 0.1) is 17.8 Å². The number of piperidine rings is 3. The summed E-state index contributed by atoms with van der Waals surface area (Å²) in [6, 6.07) is 14.1. The highest BCUT2D eigenvalue weighted by Crippen LogP contribution is 2.35. The number of nitrogens with zero attached hydrogens (tertiary/aromatic N) is 2. The van der Waals surface area contributed by atoms with E-state index in [-0.39, 0.29) is 12.0 Å². The van der Waals surface area contributed by atoms with Gasteiger partial charge in [0.25, 0.3) is 0 Å². The molecule has 164 valence electrons. The zero-order chi connectivity index (χ0) is 21.7. The first-order valence-electron chi connectivity index (χ1n) is 11.3. The van der Waals surface area contributed by atoms with Crippen LogP contribution in [0.15, 0.2) is 42.5 Å². The van der Waals surface area contributed by atoms with Gasteiger partial charge in [-0.1, -0.05) is 42.2 Å². The molecule has 5 nitrogen and oxygen atoms in total. The van der Waals surface area contributed by atoms with Crippen LogP contribution in [0.4, 0.5) is 0 Å². The number of aliphatic hydroxyl groups is 1. The number of aromatic nitrogens is 1. The number of hydrogen-bond acceptors (Lipinski definition) is 5. The Morgan fingerprint density at radius 1 is 1.19 bits per heavy atom. The number of benzene rings is 1. The van der Waals surface area contributed by atoms with E-state index in [0.717, 1.165) is 37.2 Å². The summed E-state index contributed by atoms with van der Waals surface area (Å²) in [5, 5.41) is 11.2. The second-order valence-electron chi connectivity index (χ2n) is 8.61. The van der Waals surface area contributed by atoms with Gasteiger partial charge in [-0.3, -0.25) is 4.90 Å². The van der Waals surface area contributed by atoms with Crippen molar-refractivity contribution in [3.8, 4) is 17.7 Å². The molecule has 3 fully saturated rings. The zero-order valence-electron chi connectivity index (χ0n) is 18.5. The predicted molar refractivity (Wildman–Crippen MR) is 121 cm³/mol. The van der Waals surface area contributed by atoms with Crippen LogP contribution >= 0.6 is 0 Å². The number of pyridine rings is 1. The van der Waals surface area contributed by atoms with E-state index in [1.54, 1.807) is 0 Å². The molecule has 0 amide bonds. The van der Waals surface area contributed by atoms with Gasteiger partial charge in [-0.05, 0) is 51.4 Å². The second-order valence-corrected chi connectivity index (χ2v) is 8.61. The Bertz CT molecular complexity index is 929. The first kappa shape index (κ1) is 21.8. The lowest BCUT2D eigenvalue weighted by molar-refractivity contribution is -0.0713. The lowest BCUT2D eigenvalue weighted by atomic mass is 9.75. The number of fused-ring (bicyclic) bond motifs is 3. The molecule has 1 aromatic heterocycles. The van der Waals surface area contributed by atoms with Crippen LogP contribution in [-0.4, -0.2) is 59.5 Å². The third-order valence-corrected chi connectivity index (χ3v) is 6.22. The van der Waals surface area contributed by atoms with Crippen molar-refractivity contribution in [3.63, 3.8) is 0 Å². The van der Waals surface area contributed by atoms with Crippen molar-refractivity contribution in [1.29, 1.82) is 0 Å². The van der Waals surface area contributed by atoms with E-state index >= 15 is 0 Å². The molecule has 3 aliphatic rings. The Hall–Kier alpha value is -2.39. The molecule has 31 heavy (non-hydrogen) atoms. The fraction of sp³-hybridized carbons (Fsp3) is 0.500. The Balaban J connectivity index is 1.57. The maximum absolute atomic E-state index is 11.2. The molecule has 2 aromatic rings. The summed E-state index contributed by atoms with van der Waals surface area (Å²) >= 11 is 0.